The third-order valence-electron chi connectivity index (χ3n) is 6.56. The molecule has 3 aliphatic rings. The molecule has 4 rings (SSSR count). The lowest BCUT2D eigenvalue weighted by atomic mass is 9.95. The SMILES string of the molecule is N#CC1(NC(=O)[C@H](CC(F)(F)Cc2ccccn2)NC(=O)ON2CCC3(CC2)CC3)CC1. The molecule has 2 N–H and O–H groups in total. The van der Waals surface area contributed by atoms with E-state index >= 15 is 0 Å². The first-order chi connectivity index (χ1) is 15.2. The first-order valence-corrected chi connectivity index (χ1v) is 11.0. The fourth-order valence-corrected chi connectivity index (χ4v) is 4.07. The Morgan fingerprint density at radius 2 is 1.94 bits per heavy atom. The maximum absolute atomic E-state index is 14.8. The summed E-state index contributed by atoms with van der Waals surface area (Å²) in [5.41, 5.74) is -0.470. The van der Waals surface area contributed by atoms with E-state index in [-0.39, 0.29) is 5.69 Å². The lowest BCUT2D eigenvalue weighted by molar-refractivity contribution is -0.131. The zero-order valence-corrected chi connectivity index (χ0v) is 17.8. The van der Waals surface area contributed by atoms with Crippen LogP contribution in [0.25, 0.3) is 0 Å². The summed E-state index contributed by atoms with van der Waals surface area (Å²) in [5.74, 6) is -4.13. The van der Waals surface area contributed by atoms with Crippen LogP contribution in [0.2, 0.25) is 0 Å². The van der Waals surface area contributed by atoms with Crippen LogP contribution in [0.15, 0.2) is 24.4 Å². The van der Waals surface area contributed by atoms with Crippen molar-refractivity contribution in [1.29, 1.82) is 5.26 Å². The quantitative estimate of drug-likeness (QED) is 0.635. The van der Waals surface area contributed by atoms with Gasteiger partial charge in [0.15, 0.2) is 0 Å². The minimum atomic E-state index is -3.31. The van der Waals surface area contributed by atoms with Gasteiger partial charge in [-0.05, 0) is 56.1 Å². The topological polar surface area (TPSA) is 107 Å². The van der Waals surface area contributed by atoms with Gasteiger partial charge in [0.05, 0.1) is 12.5 Å². The Morgan fingerprint density at radius 1 is 1.22 bits per heavy atom. The molecule has 1 saturated heterocycles. The number of carbonyl (C=O) groups is 2. The summed E-state index contributed by atoms with van der Waals surface area (Å²) in [4.78, 5) is 34.3. The van der Waals surface area contributed by atoms with Crippen molar-refractivity contribution in [3.8, 4) is 6.07 Å². The number of amides is 2. The molecule has 0 radical (unpaired) electrons. The van der Waals surface area contributed by atoms with Crippen LogP contribution < -0.4 is 10.6 Å². The zero-order chi connectivity index (χ0) is 22.8. The number of nitrogens with one attached hydrogen (secondary N) is 2. The summed E-state index contributed by atoms with van der Waals surface area (Å²) < 4.78 is 29.5. The predicted molar refractivity (Wildman–Crippen MR) is 109 cm³/mol. The maximum atomic E-state index is 14.8. The van der Waals surface area contributed by atoms with E-state index < -0.39 is 42.3 Å². The fraction of sp³-hybridized carbons (Fsp3) is 0.636. The summed E-state index contributed by atoms with van der Waals surface area (Å²) >= 11 is 0. The molecule has 1 atom stereocenters. The van der Waals surface area contributed by atoms with Crippen molar-refractivity contribution in [2.75, 3.05) is 13.1 Å². The summed E-state index contributed by atoms with van der Waals surface area (Å²) in [7, 11) is 0. The fourth-order valence-electron chi connectivity index (χ4n) is 4.07. The molecule has 172 valence electrons. The molecule has 2 amide bonds. The van der Waals surface area contributed by atoms with E-state index in [1.165, 1.54) is 30.2 Å². The molecular formula is C22H27F2N5O3. The predicted octanol–water partition coefficient (Wildman–Crippen LogP) is 2.71. The highest BCUT2D eigenvalue weighted by molar-refractivity contribution is 5.86. The second-order valence-electron chi connectivity index (χ2n) is 9.25. The molecule has 1 aromatic heterocycles. The second-order valence-corrected chi connectivity index (χ2v) is 9.25. The molecule has 0 aromatic carbocycles. The van der Waals surface area contributed by atoms with Crippen molar-refractivity contribution in [3.63, 3.8) is 0 Å². The Balaban J connectivity index is 1.38. The zero-order valence-electron chi connectivity index (χ0n) is 17.8. The normalized spacial score (nSPS) is 21.8. The summed E-state index contributed by atoms with van der Waals surface area (Å²) in [6.07, 6.45) is 4.00. The Hall–Kier alpha value is -2.80. The minimum absolute atomic E-state index is 0.178. The lowest BCUT2D eigenvalue weighted by Crippen LogP contribution is -2.53. The van der Waals surface area contributed by atoms with Gasteiger partial charge in [-0.3, -0.25) is 9.78 Å². The Bertz CT molecular complexity index is 887. The van der Waals surface area contributed by atoms with E-state index in [1.54, 1.807) is 12.1 Å². The molecule has 2 heterocycles. The number of nitriles is 1. The number of hydrogen-bond donors (Lipinski definition) is 2. The number of carbonyl (C=O) groups excluding carboxylic acids is 2. The molecule has 1 aliphatic heterocycles. The van der Waals surface area contributed by atoms with E-state index in [4.69, 9.17) is 4.84 Å². The number of aromatic nitrogens is 1. The highest BCUT2D eigenvalue weighted by Crippen LogP contribution is 2.53. The average molecular weight is 447 g/mol. The van der Waals surface area contributed by atoms with Gasteiger partial charge in [0.1, 0.15) is 11.6 Å². The third-order valence-corrected chi connectivity index (χ3v) is 6.56. The van der Waals surface area contributed by atoms with Gasteiger partial charge >= 0.3 is 6.09 Å². The number of rotatable bonds is 8. The van der Waals surface area contributed by atoms with E-state index in [9.17, 15) is 23.6 Å². The molecule has 1 aromatic rings. The van der Waals surface area contributed by atoms with Crippen LogP contribution in [-0.2, 0) is 16.1 Å². The van der Waals surface area contributed by atoms with Crippen LogP contribution in [-0.4, -0.2) is 52.6 Å². The van der Waals surface area contributed by atoms with Gasteiger partial charge in [-0.1, -0.05) is 6.07 Å². The second kappa shape index (κ2) is 8.62. The number of hydroxylamine groups is 2. The van der Waals surface area contributed by atoms with Crippen molar-refractivity contribution in [2.24, 2.45) is 5.41 Å². The number of piperidine rings is 1. The molecule has 1 spiro atoms. The monoisotopic (exact) mass is 447 g/mol. The van der Waals surface area contributed by atoms with Gasteiger partial charge in [0, 0.05) is 31.4 Å². The first kappa shape index (κ1) is 22.4. The molecule has 2 saturated carbocycles. The van der Waals surface area contributed by atoms with Crippen molar-refractivity contribution in [2.45, 2.75) is 68.9 Å². The van der Waals surface area contributed by atoms with Crippen LogP contribution in [0.5, 0.6) is 0 Å². The molecule has 10 heteroatoms. The van der Waals surface area contributed by atoms with Crippen molar-refractivity contribution in [3.05, 3.63) is 30.1 Å². The minimum Gasteiger partial charge on any atom is -0.351 e. The van der Waals surface area contributed by atoms with E-state index in [0.29, 0.717) is 31.3 Å². The highest BCUT2D eigenvalue weighted by Gasteiger charge is 2.48. The number of halogens is 2. The van der Waals surface area contributed by atoms with Gasteiger partial charge in [0.2, 0.25) is 5.91 Å². The van der Waals surface area contributed by atoms with Crippen LogP contribution in [0.1, 0.15) is 50.6 Å². The molecule has 0 bridgehead atoms. The van der Waals surface area contributed by atoms with Gasteiger partial charge in [0.25, 0.3) is 5.92 Å². The van der Waals surface area contributed by atoms with Crippen molar-refractivity contribution < 1.29 is 23.2 Å². The average Bonchev–Trinajstić information content (AvgIpc) is 3.68. The maximum Gasteiger partial charge on any atom is 0.426 e. The molecule has 0 unspecified atom stereocenters. The first-order valence-electron chi connectivity index (χ1n) is 11.0. The summed E-state index contributed by atoms with van der Waals surface area (Å²) in [5, 5.41) is 15.5. The van der Waals surface area contributed by atoms with E-state index in [2.05, 4.69) is 15.6 Å². The van der Waals surface area contributed by atoms with E-state index in [1.807, 2.05) is 6.07 Å². The smallest absolute Gasteiger partial charge is 0.351 e. The van der Waals surface area contributed by atoms with Gasteiger partial charge in [-0.15, -0.1) is 5.06 Å². The molecular weight excluding hydrogens is 420 g/mol. The summed E-state index contributed by atoms with van der Waals surface area (Å²) in [6, 6.07) is 5.14. The number of alkyl halides is 2. The third kappa shape index (κ3) is 5.71. The number of pyridine rings is 1. The lowest BCUT2D eigenvalue weighted by Gasteiger charge is -2.31. The number of nitrogens with zero attached hydrogens (tertiary/aromatic N) is 3. The van der Waals surface area contributed by atoms with Crippen LogP contribution in [0.4, 0.5) is 13.6 Å². The Morgan fingerprint density at radius 3 is 2.50 bits per heavy atom. The summed E-state index contributed by atoms with van der Waals surface area (Å²) in [6.45, 7) is 1.16. The van der Waals surface area contributed by atoms with Gasteiger partial charge in [-0.2, -0.15) is 5.26 Å². The molecule has 2 aliphatic carbocycles. The van der Waals surface area contributed by atoms with Crippen molar-refractivity contribution in [1.82, 2.24) is 20.7 Å². The largest absolute Gasteiger partial charge is 0.426 e. The van der Waals surface area contributed by atoms with Crippen LogP contribution in [0, 0.1) is 16.7 Å². The van der Waals surface area contributed by atoms with Gasteiger partial charge < -0.3 is 15.5 Å². The highest BCUT2D eigenvalue weighted by atomic mass is 19.3. The van der Waals surface area contributed by atoms with Crippen LogP contribution in [0.3, 0.4) is 0 Å². The molecule has 3 fully saturated rings. The standard InChI is InChI=1S/C22H27F2N5O3/c23-22(24,13-16-3-1-2-10-26-16)14-17(18(30)28-21(15-25)6-7-21)27-19(31)32-29-11-8-20(4-5-20)9-12-29/h1-3,10,17H,4-9,11-14H2,(H,27,31)(H,28,30)/t17-/m0/s1. The van der Waals surface area contributed by atoms with Gasteiger partial charge in [-0.25, -0.2) is 13.6 Å². The Kier molecular flexibility index (Phi) is 6.03. The Labute approximate surface area is 185 Å². The molecule has 8 nitrogen and oxygen atoms in total. The number of hydrogen-bond acceptors (Lipinski definition) is 6. The van der Waals surface area contributed by atoms with Crippen LogP contribution >= 0.6 is 0 Å². The van der Waals surface area contributed by atoms with Crippen molar-refractivity contribution >= 4 is 12.0 Å². The molecule has 32 heavy (non-hydrogen) atoms. The van der Waals surface area contributed by atoms with E-state index in [0.717, 1.165) is 12.8 Å².